The summed E-state index contributed by atoms with van der Waals surface area (Å²) in [6.45, 7) is 0. The van der Waals surface area contributed by atoms with Crippen LogP contribution in [0.3, 0.4) is 0 Å². The summed E-state index contributed by atoms with van der Waals surface area (Å²) in [5, 5.41) is 4.62. The van der Waals surface area contributed by atoms with Crippen LogP contribution in [0.1, 0.15) is 46.2 Å². The number of nitrogens with one attached hydrogen (secondary N) is 3. The minimum atomic E-state index is -5.47. The highest BCUT2D eigenvalue weighted by molar-refractivity contribution is 6.02. The van der Waals surface area contributed by atoms with Crippen LogP contribution < -0.4 is 16.0 Å². The zero-order valence-corrected chi connectivity index (χ0v) is 25.7. The smallest absolute Gasteiger partial charge is 0.326 e. The van der Waals surface area contributed by atoms with Gasteiger partial charge in [0, 0.05) is 29.9 Å². The molecule has 0 spiro atoms. The first kappa shape index (κ1) is 43.2. The summed E-state index contributed by atoms with van der Waals surface area (Å²) >= 11 is 0. The van der Waals surface area contributed by atoms with Crippen LogP contribution in [0.2, 0.25) is 0 Å². The molecule has 0 unspecified atom stereocenters. The molecule has 3 N–H and O–H groups in total. The minimum absolute atomic E-state index is 0.0118. The molecule has 3 rings (SSSR count). The maximum absolute atomic E-state index is 13.3. The van der Waals surface area contributed by atoms with E-state index in [1.165, 1.54) is 5.32 Å². The maximum atomic E-state index is 13.3. The fraction of sp³-hybridized carbons (Fsp3) is 0.300. The minimum Gasteiger partial charge on any atom is -0.326 e. The van der Waals surface area contributed by atoms with Gasteiger partial charge >= 0.3 is 37.1 Å². The van der Waals surface area contributed by atoms with E-state index in [4.69, 9.17) is 0 Å². The molecule has 0 aliphatic heterocycles. The van der Waals surface area contributed by atoms with Crippen molar-refractivity contribution in [3.63, 3.8) is 0 Å². The predicted octanol–water partition coefficient (Wildman–Crippen LogP) is 10.4. The molecule has 0 aromatic heterocycles. The third-order valence-electron chi connectivity index (χ3n) is 6.83. The van der Waals surface area contributed by atoms with Gasteiger partial charge in [-0.05, 0) is 54.6 Å². The first-order valence-corrected chi connectivity index (χ1v) is 14.0. The largest absolute Gasteiger partial charge is 0.416 e. The van der Waals surface area contributed by atoms with Crippen LogP contribution >= 0.6 is 0 Å². The van der Waals surface area contributed by atoms with E-state index in [0.29, 0.717) is 0 Å². The van der Waals surface area contributed by atoms with Crippen molar-refractivity contribution < 1.29 is 93.4 Å². The number of benzene rings is 3. The molecular weight excluding hydrogens is 792 g/mol. The summed E-state index contributed by atoms with van der Waals surface area (Å²) in [4.78, 5) is 38.7. The topological polar surface area (TPSA) is 87.3 Å². The summed E-state index contributed by atoms with van der Waals surface area (Å²) in [5.41, 5.74) is -15.5. The van der Waals surface area contributed by atoms with Crippen molar-refractivity contribution in [3.05, 3.63) is 88.0 Å². The number of carbonyl (C=O) groups excluding carboxylic acids is 3. The number of rotatable bonds is 8. The van der Waals surface area contributed by atoms with Gasteiger partial charge in [0.25, 0.3) is 0 Å². The maximum Gasteiger partial charge on any atom is 0.416 e. The van der Waals surface area contributed by atoms with Crippen LogP contribution in [0, 0.1) is 5.92 Å². The molecule has 3 amide bonds. The average Bonchev–Trinajstić information content (AvgIpc) is 2.97. The first-order valence-electron chi connectivity index (χ1n) is 14.0. The van der Waals surface area contributed by atoms with Crippen LogP contribution in [-0.2, 0) is 51.4 Å². The van der Waals surface area contributed by atoms with Gasteiger partial charge in [-0.3, -0.25) is 14.4 Å². The molecule has 0 bridgehead atoms. The van der Waals surface area contributed by atoms with Crippen molar-refractivity contribution in [3.8, 4) is 0 Å². The number of hydrogen-bond acceptors (Lipinski definition) is 3. The van der Waals surface area contributed by atoms with E-state index in [0.717, 1.165) is 0 Å². The lowest BCUT2D eigenvalue weighted by atomic mass is 9.98. The van der Waals surface area contributed by atoms with E-state index in [-0.39, 0.29) is 54.6 Å². The molecule has 3 aromatic rings. The Balaban J connectivity index is 2.03. The van der Waals surface area contributed by atoms with Gasteiger partial charge in [-0.2, -0.15) is 79.0 Å². The lowest BCUT2D eigenvalue weighted by Crippen LogP contribution is -2.31. The Kier molecular flexibility index (Phi) is 11.9. The third-order valence-corrected chi connectivity index (χ3v) is 6.83. The standard InChI is InChI=1S/C30H17F18N3O3/c31-25(32,33)13-3-14(26(34,35)36)7-19(6-13)49-22(52)1-12(24(54)51-21-10-17(29(43,44)45)5-18(11-21)30(46,47)48)2-23(53)50-20-8-15(27(37,38)39)4-16(9-20)28(40,41)42/h3-12H,1-2H2,(H,49,52)(H,50,53)(H,51,54). The first-order chi connectivity index (χ1) is 24.2. The fourth-order valence-corrected chi connectivity index (χ4v) is 4.45. The van der Waals surface area contributed by atoms with E-state index < -0.39 is 124 Å². The van der Waals surface area contributed by atoms with Gasteiger partial charge < -0.3 is 16.0 Å². The Hall–Kier alpha value is -5.19. The molecule has 3 aromatic carbocycles. The quantitative estimate of drug-likeness (QED) is 0.198. The predicted molar refractivity (Wildman–Crippen MR) is 148 cm³/mol. The summed E-state index contributed by atoms with van der Waals surface area (Å²) in [6, 6.07) is -1.21. The van der Waals surface area contributed by atoms with Gasteiger partial charge in [0.05, 0.1) is 39.3 Å². The molecule has 0 fully saturated rings. The molecule has 0 saturated heterocycles. The van der Waals surface area contributed by atoms with E-state index in [1.54, 1.807) is 10.6 Å². The Morgan fingerprint density at radius 1 is 0.370 bits per heavy atom. The van der Waals surface area contributed by atoms with Gasteiger partial charge in [0.15, 0.2) is 0 Å². The molecule has 6 nitrogen and oxygen atoms in total. The average molecular weight is 809 g/mol. The number of alkyl halides is 18. The lowest BCUT2D eigenvalue weighted by Gasteiger charge is -2.20. The summed E-state index contributed by atoms with van der Waals surface area (Å²) < 4.78 is 239. The molecule has 0 aliphatic rings. The molecule has 0 aliphatic carbocycles. The van der Waals surface area contributed by atoms with Crippen molar-refractivity contribution in [1.82, 2.24) is 0 Å². The summed E-state index contributed by atoms with van der Waals surface area (Å²) in [6.07, 6.45) is -35.7. The zero-order chi connectivity index (χ0) is 41.4. The van der Waals surface area contributed by atoms with Crippen molar-refractivity contribution in [2.45, 2.75) is 49.9 Å². The number of anilines is 3. The molecule has 24 heteroatoms. The molecule has 0 saturated carbocycles. The molecule has 0 atom stereocenters. The molecule has 54 heavy (non-hydrogen) atoms. The van der Waals surface area contributed by atoms with Crippen LogP contribution in [-0.4, -0.2) is 17.7 Å². The third kappa shape index (κ3) is 11.9. The van der Waals surface area contributed by atoms with Gasteiger partial charge in [0.1, 0.15) is 0 Å². The fourth-order valence-electron chi connectivity index (χ4n) is 4.45. The van der Waals surface area contributed by atoms with Crippen LogP contribution in [0.5, 0.6) is 0 Å². The van der Waals surface area contributed by atoms with Crippen LogP contribution in [0.15, 0.2) is 54.6 Å². The number of halogens is 18. The molecule has 296 valence electrons. The van der Waals surface area contributed by atoms with Gasteiger partial charge in [0.2, 0.25) is 17.7 Å². The van der Waals surface area contributed by atoms with E-state index in [9.17, 15) is 93.4 Å². The summed E-state index contributed by atoms with van der Waals surface area (Å²) in [5.74, 6) is -7.63. The Labute approximate surface area is 288 Å². The van der Waals surface area contributed by atoms with E-state index >= 15 is 0 Å². The Morgan fingerprint density at radius 3 is 0.778 bits per heavy atom. The highest BCUT2D eigenvalue weighted by atomic mass is 19.4. The molecular formula is C30H17F18N3O3. The van der Waals surface area contributed by atoms with E-state index in [2.05, 4.69) is 0 Å². The van der Waals surface area contributed by atoms with Crippen LogP contribution in [0.25, 0.3) is 0 Å². The highest BCUT2D eigenvalue weighted by Crippen LogP contribution is 2.40. The lowest BCUT2D eigenvalue weighted by molar-refractivity contribution is -0.144. The monoisotopic (exact) mass is 809 g/mol. The number of hydrogen-bond donors (Lipinski definition) is 3. The van der Waals surface area contributed by atoms with Crippen LogP contribution in [0.4, 0.5) is 96.1 Å². The molecule has 0 radical (unpaired) electrons. The van der Waals surface area contributed by atoms with Crippen molar-refractivity contribution in [1.29, 1.82) is 0 Å². The normalized spacial score (nSPS) is 13.2. The SMILES string of the molecule is O=C(CC(CC(=O)Nc1cc(C(F)(F)F)cc(C(F)(F)F)c1)C(=O)Nc1cc(C(F)(F)F)cc(C(F)(F)F)c1)Nc1cc(C(F)(F)F)cc(C(F)(F)F)c1. The second-order valence-electron chi connectivity index (χ2n) is 11.1. The molecule has 0 heterocycles. The zero-order valence-electron chi connectivity index (χ0n) is 25.7. The van der Waals surface area contributed by atoms with Crippen molar-refractivity contribution in [2.75, 3.05) is 16.0 Å². The highest BCUT2D eigenvalue weighted by Gasteiger charge is 2.40. The van der Waals surface area contributed by atoms with Crippen molar-refractivity contribution >= 4 is 34.8 Å². The van der Waals surface area contributed by atoms with Crippen molar-refractivity contribution in [2.24, 2.45) is 5.92 Å². The number of amides is 3. The number of carbonyl (C=O) groups is 3. The van der Waals surface area contributed by atoms with E-state index in [1.807, 2.05) is 0 Å². The summed E-state index contributed by atoms with van der Waals surface area (Å²) in [7, 11) is 0. The second-order valence-corrected chi connectivity index (χ2v) is 11.1. The second kappa shape index (κ2) is 14.9. The van der Waals surface area contributed by atoms with Gasteiger partial charge in [-0.15, -0.1) is 0 Å². The van der Waals surface area contributed by atoms with Gasteiger partial charge in [-0.25, -0.2) is 0 Å². The van der Waals surface area contributed by atoms with Gasteiger partial charge in [-0.1, -0.05) is 0 Å². The Morgan fingerprint density at radius 2 is 0.574 bits per heavy atom. The Bertz CT molecular complexity index is 1700.